The third kappa shape index (κ3) is 1.44. The van der Waals surface area contributed by atoms with Gasteiger partial charge in [-0.05, 0) is 12.8 Å². The van der Waals surface area contributed by atoms with Crippen LogP contribution in [0.25, 0.3) is 0 Å². The van der Waals surface area contributed by atoms with E-state index in [1.807, 2.05) is 11.9 Å². The lowest BCUT2D eigenvalue weighted by molar-refractivity contribution is 0.357. The Bertz CT molecular complexity index is 94.3. The largest absolute Gasteiger partial charge is 0.231 e. The van der Waals surface area contributed by atoms with Crippen LogP contribution in [0.3, 0.4) is 0 Å². The zero-order valence-corrected chi connectivity index (χ0v) is 7.46. The van der Waals surface area contributed by atoms with Crippen molar-refractivity contribution in [1.82, 2.24) is 9.03 Å². The second-order valence-electron chi connectivity index (χ2n) is 2.54. The van der Waals surface area contributed by atoms with Crippen molar-refractivity contribution in [2.24, 2.45) is 0 Å². The summed E-state index contributed by atoms with van der Waals surface area (Å²) in [5.74, 6) is 2.53. The van der Waals surface area contributed by atoms with E-state index in [1.54, 1.807) is 11.9 Å². The summed E-state index contributed by atoms with van der Waals surface area (Å²) in [6, 6.07) is 0. The van der Waals surface area contributed by atoms with Crippen LogP contribution in [-0.2, 0) is 0 Å². The van der Waals surface area contributed by atoms with E-state index >= 15 is 0 Å². The molecular formula is C6H11N2S2. The molecule has 1 radical (unpaired) electrons. The topological polar surface area (TPSA) is 17.3 Å². The number of hydrogen-bond acceptors (Lipinski definition) is 3. The second-order valence-corrected chi connectivity index (χ2v) is 4.55. The molecule has 0 aliphatic carbocycles. The zero-order valence-electron chi connectivity index (χ0n) is 5.82. The van der Waals surface area contributed by atoms with E-state index in [0.29, 0.717) is 6.17 Å². The van der Waals surface area contributed by atoms with Gasteiger partial charge in [-0.25, -0.2) is 4.31 Å². The van der Waals surface area contributed by atoms with E-state index in [0.717, 1.165) is 0 Å². The van der Waals surface area contributed by atoms with E-state index in [9.17, 15) is 0 Å². The fourth-order valence-corrected chi connectivity index (χ4v) is 3.20. The summed E-state index contributed by atoms with van der Waals surface area (Å²) in [4.78, 5) is 0. The highest BCUT2D eigenvalue weighted by molar-refractivity contribution is 7.98. The van der Waals surface area contributed by atoms with Gasteiger partial charge < -0.3 is 0 Å². The Hall–Kier alpha value is 0.620. The molecule has 4 heteroatoms. The van der Waals surface area contributed by atoms with Crippen molar-refractivity contribution in [1.29, 1.82) is 0 Å². The van der Waals surface area contributed by atoms with E-state index < -0.39 is 0 Å². The summed E-state index contributed by atoms with van der Waals surface area (Å²) in [6.07, 6.45) is 3.15. The molecule has 0 aromatic rings. The highest BCUT2D eigenvalue weighted by Gasteiger charge is 2.26. The van der Waals surface area contributed by atoms with Crippen molar-refractivity contribution in [3.8, 4) is 0 Å². The van der Waals surface area contributed by atoms with Crippen molar-refractivity contribution >= 4 is 23.9 Å². The first-order chi connectivity index (χ1) is 4.97. The predicted octanol–water partition coefficient (Wildman–Crippen LogP) is 1.32. The third-order valence-corrected chi connectivity index (χ3v) is 3.82. The first-order valence-corrected chi connectivity index (χ1v) is 5.57. The molecule has 2 nitrogen and oxygen atoms in total. The van der Waals surface area contributed by atoms with Gasteiger partial charge in [-0.3, -0.25) is 0 Å². The van der Waals surface area contributed by atoms with Crippen LogP contribution in [0.4, 0.5) is 0 Å². The molecule has 2 aliphatic rings. The minimum absolute atomic E-state index is 0.539. The van der Waals surface area contributed by atoms with Gasteiger partial charge in [0.25, 0.3) is 0 Å². The molecule has 0 spiro atoms. The Labute approximate surface area is 70.4 Å². The molecule has 1 atom stereocenters. The molecule has 0 saturated carbocycles. The lowest BCUT2D eigenvalue weighted by atomic mass is 10.3. The van der Waals surface area contributed by atoms with Gasteiger partial charge in [-0.2, -0.15) is 4.72 Å². The van der Waals surface area contributed by atoms with Gasteiger partial charge in [0.2, 0.25) is 0 Å². The summed E-state index contributed by atoms with van der Waals surface area (Å²) in [5, 5.41) is 0. The van der Waals surface area contributed by atoms with Crippen LogP contribution in [-0.4, -0.2) is 28.5 Å². The van der Waals surface area contributed by atoms with Gasteiger partial charge in [0.15, 0.2) is 0 Å². The average molecular weight is 175 g/mol. The van der Waals surface area contributed by atoms with Crippen LogP contribution in [0.1, 0.15) is 12.8 Å². The summed E-state index contributed by atoms with van der Waals surface area (Å²) in [6.45, 7) is 1.25. The summed E-state index contributed by atoms with van der Waals surface area (Å²) >= 11 is 3.70. The normalized spacial score (nSPS) is 35.4. The van der Waals surface area contributed by atoms with Crippen LogP contribution in [0, 0.1) is 0 Å². The first-order valence-electron chi connectivity index (χ1n) is 3.68. The zero-order chi connectivity index (χ0) is 6.81. The molecular weight excluding hydrogens is 164 g/mol. The highest BCUT2D eigenvalue weighted by Crippen LogP contribution is 2.28. The Morgan fingerprint density at radius 3 is 3.00 bits per heavy atom. The smallest absolute Gasteiger partial charge is 0.0985 e. The molecule has 2 heterocycles. The lowest BCUT2D eigenvalue weighted by Gasteiger charge is -2.18. The molecule has 2 fully saturated rings. The van der Waals surface area contributed by atoms with Gasteiger partial charge in [-0.15, -0.1) is 0 Å². The SMILES string of the molecule is C1CSN(C2CCS[N]2)C1. The van der Waals surface area contributed by atoms with Crippen molar-refractivity contribution in [2.75, 3.05) is 18.1 Å². The Morgan fingerprint density at radius 2 is 2.40 bits per heavy atom. The molecule has 10 heavy (non-hydrogen) atoms. The molecule has 0 aromatic carbocycles. The number of hydrogen-bond donors (Lipinski definition) is 0. The van der Waals surface area contributed by atoms with Gasteiger partial charge >= 0.3 is 0 Å². The standard InChI is InChI=1S/C6H11N2S2/c1-3-8(10-4-1)6-2-5-9-7-6/h6H,1-5H2. The quantitative estimate of drug-likeness (QED) is 0.560. The molecule has 0 N–H and O–H groups in total. The Kier molecular flexibility index (Phi) is 2.43. The van der Waals surface area contributed by atoms with Crippen molar-refractivity contribution in [3.05, 3.63) is 0 Å². The fourth-order valence-electron chi connectivity index (χ4n) is 1.25. The van der Waals surface area contributed by atoms with E-state index in [1.165, 1.54) is 30.9 Å². The van der Waals surface area contributed by atoms with Crippen LogP contribution < -0.4 is 4.72 Å². The minimum atomic E-state index is 0.539. The second kappa shape index (κ2) is 3.34. The van der Waals surface area contributed by atoms with Crippen LogP contribution in [0.5, 0.6) is 0 Å². The van der Waals surface area contributed by atoms with Crippen LogP contribution >= 0.6 is 23.9 Å². The average Bonchev–Trinajstić information content (AvgIpc) is 2.59. The molecule has 0 bridgehead atoms. The van der Waals surface area contributed by atoms with Gasteiger partial charge in [-0.1, -0.05) is 23.9 Å². The molecule has 0 amide bonds. The van der Waals surface area contributed by atoms with Crippen molar-refractivity contribution < 1.29 is 0 Å². The third-order valence-electron chi connectivity index (χ3n) is 1.78. The van der Waals surface area contributed by atoms with E-state index in [4.69, 9.17) is 0 Å². The number of nitrogens with zero attached hydrogens (tertiary/aromatic N) is 2. The first kappa shape index (κ1) is 7.28. The molecule has 57 valence electrons. The van der Waals surface area contributed by atoms with Crippen molar-refractivity contribution in [3.63, 3.8) is 0 Å². The van der Waals surface area contributed by atoms with Gasteiger partial charge in [0, 0.05) is 18.1 Å². The molecule has 2 rings (SSSR count). The molecule has 1 unspecified atom stereocenters. The van der Waals surface area contributed by atoms with Gasteiger partial charge in [0.05, 0.1) is 6.17 Å². The molecule has 0 aromatic heterocycles. The summed E-state index contributed by atoms with van der Waals surface area (Å²) in [5.41, 5.74) is 0. The summed E-state index contributed by atoms with van der Waals surface area (Å²) in [7, 11) is 0. The minimum Gasteiger partial charge on any atom is -0.231 e. The Balaban J connectivity index is 1.85. The van der Waals surface area contributed by atoms with Crippen molar-refractivity contribution in [2.45, 2.75) is 19.0 Å². The molecule has 2 aliphatic heterocycles. The van der Waals surface area contributed by atoms with Gasteiger partial charge in [0.1, 0.15) is 0 Å². The maximum absolute atomic E-state index is 4.44. The van der Waals surface area contributed by atoms with E-state index in [-0.39, 0.29) is 0 Å². The van der Waals surface area contributed by atoms with E-state index in [2.05, 4.69) is 9.03 Å². The van der Waals surface area contributed by atoms with Crippen LogP contribution in [0.2, 0.25) is 0 Å². The monoisotopic (exact) mass is 175 g/mol. The maximum Gasteiger partial charge on any atom is 0.0985 e. The predicted molar refractivity (Wildman–Crippen MR) is 46.8 cm³/mol. The van der Waals surface area contributed by atoms with Crippen LogP contribution in [0.15, 0.2) is 0 Å². The number of rotatable bonds is 1. The summed E-state index contributed by atoms with van der Waals surface area (Å²) < 4.78 is 6.87. The molecule has 2 saturated heterocycles. The Morgan fingerprint density at radius 1 is 1.40 bits per heavy atom. The lowest BCUT2D eigenvalue weighted by Crippen LogP contribution is -2.29. The maximum atomic E-state index is 4.44. The highest BCUT2D eigenvalue weighted by atomic mass is 32.2. The fraction of sp³-hybridized carbons (Fsp3) is 1.00.